The average Bonchev–Trinajstić information content (AvgIpc) is 2.62. The molecule has 28 heavy (non-hydrogen) atoms. The standard InChI is InChI=1S/C20H13F6NO/c21-19(22,23)13-7-5-12(6-8-13)15-3-1-2-4-17(15)28-18-10-9-14(27)11-16(18)20(24,25)26/h1-11H,27H2. The van der Waals surface area contributed by atoms with Gasteiger partial charge >= 0.3 is 12.4 Å². The van der Waals surface area contributed by atoms with Gasteiger partial charge in [-0.3, -0.25) is 0 Å². The highest BCUT2D eigenvalue weighted by Gasteiger charge is 2.35. The normalized spacial score (nSPS) is 12.1. The SMILES string of the molecule is Nc1ccc(Oc2ccccc2-c2ccc(C(F)(F)F)cc2)c(C(F)(F)F)c1. The van der Waals surface area contributed by atoms with Crippen LogP contribution in [0.5, 0.6) is 11.5 Å². The van der Waals surface area contributed by atoms with Gasteiger partial charge in [0.05, 0.1) is 5.56 Å². The van der Waals surface area contributed by atoms with Gasteiger partial charge in [0.15, 0.2) is 0 Å². The van der Waals surface area contributed by atoms with Gasteiger partial charge in [-0.25, -0.2) is 0 Å². The fourth-order valence-corrected chi connectivity index (χ4v) is 2.61. The van der Waals surface area contributed by atoms with Gasteiger partial charge in [-0.2, -0.15) is 26.3 Å². The second-order valence-electron chi connectivity index (χ2n) is 5.93. The lowest BCUT2D eigenvalue weighted by Gasteiger charge is -2.16. The zero-order chi connectivity index (χ0) is 20.5. The average molecular weight is 397 g/mol. The molecule has 0 saturated carbocycles. The second-order valence-corrected chi connectivity index (χ2v) is 5.93. The Morgan fingerprint density at radius 3 is 1.93 bits per heavy atom. The van der Waals surface area contributed by atoms with Crippen molar-refractivity contribution in [2.75, 3.05) is 5.73 Å². The van der Waals surface area contributed by atoms with Crippen molar-refractivity contribution in [3.8, 4) is 22.6 Å². The first kappa shape index (κ1) is 19.6. The number of benzene rings is 3. The topological polar surface area (TPSA) is 35.2 Å². The molecular weight excluding hydrogens is 384 g/mol. The first-order chi connectivity index (χ1) is 13.1. The summed E-state index contributed by atoms with van der Waals surface area (Å²) < 4.78 is 83.5. The van der Waals surface area contributed by atoms with Gasteiger partial charge in [-0.05, 0) is 42.0 Å². The molecule has 0 fully saturated rings. The lowest BCUT2D eigenvalue weighted by atomic mass is 10.0. The molecule has 0 aromatic heterocycles. The Labute approximate surface area is 156 Å². The molecule has 0 spiro atoms. The molecule has 0 saturated heterocycles. The molecule has 3 aromatic rings. The maximum absolute atomic E-state index is 13.3. The molecular formula is C20H13F6NO. The minimum absolute atomic E-state index is 0.0672. The summed E-state index contributed by atoms with van der Waals surface area (Å²) in [6.07, 6.45) is -9.17. The van der Waals surface area contributed by atoms with E-state index in [0.29, 0.717) is 11.1 Å². The molecule has 0 amide bonds. The van der Waals surface area contributed by atoms with Gasteiger partial charge < -0.3 is 10.5 Å². The van der Waals surface area contributed by atoms with E-state index in [4.69, 9.17) is 10.5 Å². The number of hydrogen-bond donors (Lipinski definition) is 1. The molecule has 0 aliphatic rings. The van der Waals surface area contributed by atoms with Gasteiger partial charge in [0.25, 0.3) is 0 Å². The van der Waals surface area contributed by atoms with E-state index in [0.717, 1.165) is 24.3 Å². The Hall–Kier alpha value is -3.16. The number of rotatable bonds is 3. The number of para-hydroxylation sites is 1. The monoisotopic (exact) mass is 397 g/mol. The van der Waals surface area contributed by atoms with Crippen molar-refractivity contribution in [3.63, 3.8) is 0 Å². The molecule has 2 nitrogen and oxygen atoms in total. The lowest BCUT2D eigenvalue weighted by Crippen LogP contribution is -2.08. The Kier molecular flexibility index (Phi) is 4.97. The van der Waals surface area contributed by atoms with Crippen LogP contribution in [-0.2, 0) is 12.4 Å². The first-order valence-corrected chi connectivity index (χ1v) is 7.97. The van der Waals surface area contributed by atoms with Gasteiger partial charge in [0.1, 0.15) is 17.1 Å². The maximum atomic E-state index is 13.3. The van der Waals surface area contributed by atoms with Gasteiger partial charge in [0.2, 0.25) is 0 Å². The Morgan fingerprint density at radius 2 is 1.32 bits per heavy atom. The van der Waals surface area contributed by atoms with Crippen LogP contribution in [0.25, 0.3) is 11.1 Å². The minimum Gasteiger partial charge on any atom is -0.456 e. The predicted octanol–water partition coefficient (Wildman–Crippen LogP) is 6.77. The number of alkyl halides is 6. The minimum atomic E-state index is -4.69. The fourth-order valence-electron chi connectivity index (χ4n) is 2.61. The van der Waals surface area contributed by atoms with Crippen LogP contribution in [0, 0.1) is 0 Å². The van der Waals surface area contributed by atoms with Crippen LogP contribution in [0.2, 0.25) is 0 Å². The summed E-state index contributed by atoms with van der Waals surface area (Å²) >= 11 is 0. The maximum Gasteiger partial charge on any atom is 0.420 e. The molecule has 0 atom stereocenters. The van der Waals surface area contributed by atoms with Gasteiger partial charge in [-0.1, -0.05) is 30.3 Å². The van der Waals surface area contributed by atoms with E-state index in [-0.39, 0.29) is 11.4 Å². The summed E-state index contributed by atoms with van der Waals surface area (Å²) in [6, 6.07) is 13.5. The van der Waals surface area contributed by atoms with Crippen LogP contribution in [0.1, 0.15) is 11.1 Å². The number of nitrogens with two attached hydrogens (primary N) is 1. The van der Waals surface area contributed by atoms with Gasteiger partial charge in [0, 0.05) is 11.3 Å². The van der Waals surface area contributed by atoms with Crippen molar-refractivity contribution < 1.29 is 31.1 Å². The highest BCUT2D eigenvalue weighted by Crippen LogP contribution is 2.41. The third-order valence-corrected chi connectivity index (χ3v) is 3.94. The molecule has 0 bridgehead atoms. The van der Waals surface area contributed by atoms with E-state index < -0.39 is 29.2 Å². The zero-order valence-electron chi connectivity index (χ0n) is 14.1. The molecule has 0 aliphatic heterocycles. The Morgan fingerprint density at radius 1 is 0.679 bits per heavy atom. The smallest absolute Gasteiger partial charge is 0.420 e. The first-order valence-electron chi connectivity index (χ1n) is 7.97. The van der Waals surface area contributed by atoms with E-state index in [1.165, 1.54) is 24.3 Å². The van der Waals surface area contributed by atoms with Crippen LogP contribution in [0.4, 0.5) is 32.0 Å². The molecule has 0 radical (unpaired) electrons. The van der Waals surface area contributed by atoms with Crippen LogP contribution in [0.3, 0.4) is 0 Å². The third-order valence-electron chi connectivity index (χ3n) is 3.94. The van der Waals surface area contributed by atoms with Crippen molar-refractivity contribution >= 4 is 5.69 Å². The fraction of sp³-hybridized carbons (Fsp3) is 0.100. The lowest BCUT2D eigenvalue weighted by molar-refractivity contribution is -0.139. The molecule has 2 N–H and O–H groups in total. The van der Waals surface area contributed by atoms with E-state index in [1.807, 2.05) is 0 Å². The number of hydrogen-bond acceptors (Lipinski definition) is 2. The summed E-state index contributed by atoms with van der Waals surface area (Å²) in [6.45, 7) is 0. The second kappa shape index (κ2) is 7.10. The van der Waals surface area contributed by atoms with Crippen LogP contribution < -0.4 is 10.5 Å². The number of ether oxygens (including phenoxy) is 1. The number of anilines is 1. The Balaban J connectivity index is 2.01. The van der Waals surface area contributed by atoms with E-state index >= 15 is 0 Å². The predicted molar refractivity (Wildman–Crippen MR) is 92.8 cm³/mol. The summed E-state index contributed by atoms with van der Waals surface area (Å²) in [4.78, 5) is 0. The highest BCUT2D eigenvalue weighted by molar-refractivity contribution is 5.71. The molecule has 0 aliphatic carbocycles. The van der Waals surface area contributed by atoms with E-state index in [1.54, 1.807) is 18.2 Å². The summed E-state index contributed by atoms with van der Waals surface area (Å²) in [5.41, 5.74) is 4.21. The molecule has 3 aromatic carbocycles. The van der Waals surface area contributed by atoms with Crippen molar-refractivity contribution in [2.24, 2.45) is 0 Å². The molecule has 146 valence electrons. The molecule has 8 heteroatoms. The highest BCUT2D eigenvalue weighted by atomic mass is 19.4. The van der Waals surface area contributed by atoms with E-state index in [2.05, 4.69) is 0 Å². The third kappa shape index (κ3) is 4.21. The van der Waals surface area contributed by atoms with E-state index in [9.17, 15) is 26.3 Å². The van der Waals surface area contributed by atoms with Crippen molar-refractivity contribution in [2.45, 2.75) is 12.4 Å². The van der Waals surface area contributed by atoms with Crippen LogP contribution in [0.15, 0.2) is 66.7 Å². The summed E-state index contributed by atoms with van der Waals surface area (Å²) in [5.74, 6) is -0.390. The molecule has 0 unspecified atom stereocenters. The van der Waals surface area contributed by atoms with Crippen LogP contribution >= 0.6 is 0 Å². The Bertz CT molecular complexity index is 977. The summed E-state index contributed by atoms with van der Waals surface area (Å²) in [5, 5.41) is 0. The summed E-state index contributed by atoms with van der Waals surface area (Å²) in [7, 11) is 0. The largest absolute Gasteiger partial charge is 0.456 e. The number of halogens is 6. The number of nitrogen functional groups attached to an aromatic ring is 1. The quantitative estimate of drug-likeness (QED) is 0.391. The van der Waals surface area contributed by atoms with Crippen LogP contribution in [-0.4, -0.2) is 0 Å². The molecule has 0 heterocycles. The van der Waals surface area contributed by atoms with Gasteiger partial charge in [-0.15, -0.1) is 0 Å². The molecule has 3 rings (SSSR count). The van der Waals surface area contributed by atoms with Crippen molar-refractivity contribution in [1.29, 1.82) is 0 Å². The van der Waals surface area contributed by atoms with Crippen molar-refractivity contribution in [3.05, 3.63) is 77.9 Å². The van der Waals surface area contributed by atoms with Crippen molar-refractivity contribution in [1.82, 2.24) is 0 Å². The zero-order valence-corrected chi connectivity index (χ0v) is 14.1.